The fraction of sp³-hybridized carbons (Fsp3) is 0.286. The highest BCUT2D eigenvalue weighted by atomic mass is 35.5. The molecule has 36 heavy (non-hydrogen) atoms. The highest BCUT2D eigenvalue weighted by Crippen LogP contribution is 2.33. The summed E-state index contributed by atoms with van der Waals surface area (Å²) < 4.78 is 16.2. The van der Waals surface area contributed by atoms with E-state index in [1.165, 1.54) is 0 Å². The predicted molar refractivity (Wildman–Crippen MR) is 135 cm³/mol. The van der Waals surface area contributed by atoms with Crippen molar-refractivity contribution in [2.24, 2.45) is 5.92 Å². The Morgan fingerprint density at radius 2 is 1.50 bits per heavy atom. The van der Waals surface area contributed by atoms with Gasteiger partial charge < -0.3 is 14.2 Å². The van der Waals surface area contributed by atoms with E-state index in [4.69, 9.17) is 25.8 Å². The van der Waals surface area contributed by atoms with Crippen LogP contribution in [0.25, 0.3) is 0 Å². The van der Waals surface area contributed by atoms with Crippen LogP contribution in [0.3, 0.4) is 0 Å². The van der Waals surface area contributed by atoms with Crippen LogP contribution in [0.15, 0.2) is 72.9 Å². The van der Waals surface area contributed by atoms with Crippen molar-refractivity contribution in [2.75, 3.05) is 13.2 Å². The molecular formula is C28H28ClNO6. The van der Waals surface area contributed by atoms with Crippen molar-refractivity contribution in [2.45, 2.75) is 32.8 Å². The number of carbonyl (C=O) groups is 3. The zero-order valence-corrected chi connectivity index (χ0v) is 20.9. The maximum absolute atomic E-state index is 13.1. The first-order valence-electron chi connectivity index (χ1n) is 11.7. The average Bonchev–Trinajstić information content (AvgIpc) is 2.89. The molecule has 7 nitrogen and oxygen atoms in total. The summed E-state index contributed by atoms with van der Waals surface area (Å²) in [7, 11) is 0. The Hall–Kier alpha value is -3.71. The number of Topliss-reactive ketones (excluding diaryl/α,β-unsaturated/α-hetero) is 1. The maximum atomic E-state index is 13.1. The summed E-state index contributed by atoms with van der Waals surface area (Å²) in [5.41, 5.74) is 1.95. The molecule has 1 unspecified atom stereocenters. The lowest BCUT2D eigenvalue weighted by Crippen LogP contribution is -2.34. The first-order chi connectivity index (χ1) is 17.4. The molecule has 0 fully saturated rings. The summed E-state index contributed by atoms with van der Waals surface area (Å²) in [6.45, 7) is 3.80. The first kappa shape index (κ1) is 26.9. The highest BCUT2D eigenvalue weighted by molar-refractivity contribution is 6.29. The largest absolute Gasteiger partial charge is 0.489 e. The van der Waals surface area contributed by atoms with Gasteiger partial charge in [0.05, 0.1) is 13.2 Å². The van der Waals surface area contributed by atoms with Gasteiger partial charge in [0.2, 0.25) is 0 Å². The lowest BCUT2D eigenvalue weighted by Gasteiger charge is -2.24. The van der Waals surface area contributed by atoms with Gasteiger partial charge in [-0.3, -0.25) is 14.4 Å². The van der Waals surface area contributed by atoms with E-state index in [-0.39, 0.29) is 32.0 Å². The molecule has 3 rings (SSSR count). The Labute approximate surface area is 215 Å². The normalized spacial score (nSPS) is 11.6. The van der Waals surface area contributed by atoms with Crippen molar-refractivity contribution in [3.05, 3.63) is 94.8 Å². The molecule has 0 N–H and O–H groups in total. The lowest BCUT2D eigenvalue weighted by atomic mass is 9.81. The minimum absolute atomic E-state index is 0.0804. The number of esters is 2. The quantitative estimate of drug-likeness (QED) is 0.139. The molecule has 0 saturated heterocycles. The van der Waals surface area contributed by atoms with Gasteiger partial charge in [-0.05, 0) is 37.6 Å². The van der Waals surface area contributed by atoms with Crippen molar-refractivity contribution >= 4 is 29.3 Å². The molecule has 0 radical (unpaired) electrons. The van der Waals surface area contributed by atoms with E-state index in [9.17, 15) is 14.4 Å². The Morgan fingerprint density at radius 1 is 0.861 bits per heavy atom. The van der Waals surface area contributed by atoms with E-state index >= 15 is 0 Å². The van der Waals surface area contributed by atoms with Gasteiger partial charge in [0, 0.05) is 29.7 Å². The van der Waals surface area contributed by atoms with Crippen LogP contribution >= 0.6 is 11.6 Å². The number of ether oxygens (including phenoxy) is 3. The number of ketones is 1. The van der Waals surface area contributed by atoms with Crippen LogP contribution in [0.1, 0.15) is 47.7 Å². The van der Waals surface area contributed by atoms with Crippen LogP contribution in [0, 0.1) is 5.92 Å². The van der Waals surface area contributed by atoms with Crippen molar-refractivity contribution in [1.29, 1.82) is 0 Å². The summed E-state index contributed by atoms with van der Waals surface area (Å²) in [6.07, 6.45) is 1.55. The number of pyridine rings is 1. The third kappa shape index (κ3) is 7.39. The number of nitrogens with zero attached hydrogens (tertiary/aromatic N) is 1. The molecule has 2 aromatic carbocycles. The van der Waals surface area contributed by atoms with E-state index in [1.54, 1.807) is 74.6 Å². The number of hydrogen-bond acceptors (Lipinski definition) is 7. The molecule has 0 saturated carbocycles. The summed E-state index contributed by atoms with van der Waals surface area (Å²) in [6, 6.07) is 19.2. The minimum Gasteiger partial charge on any atom is -0.489 e. The second-order valence-corrected chi connectivity index (χ2v) is 8.32. The van der Waals surface area contributed by atoms with Gasteiger partial charge in [-0.1, -0.05) is 60.1 Å². The number of aromatic nitrogens is 1. The van der Waals surface area contributed by atoms with Gasteiger partial charge >= 0.3 is 11.9 Å². The zero-order valence-electron chi connectivity index (χ0n) is 20.2. The van der Waals surface area contributed by atoms with Crippen molar-refractivity contribution in [1.82, 2.24) is 4.98 Å². The van der Waals surface area contributed by atoms with E-state index in [2.05, 4.69) is 4.98 Å². The monoisotopic (exact) mass is 509 g/mol. The number of rotatable bonds is 12. The van der Waals surface area contributed by atoms with E-state index in [1.807, 2.05) is 12.1 Å². The Bertz CT molecular complexity index is 1130. The standard InChI is InChI=1S/C28H28ClNO6/c1-3-34-27(32)26(28(33)35-4-2)23(16-24(31)21-8-6-5-7-9-21)20-11-13-22(14-12-20)36-18-19-10-15-25(29)30-17-19/h5-15,17,23,26H,3-4,16,18H2,1-2H3. The lowest BCUT2D eigenvalue weighted by molar-refractivity contribution is -0.162. The van der Waals surface area contributed by atoms with Crippen molar-refractivity contribution in [3.8, 4) is 5.75 Å². The fourth-order valence-electron chi connectivity index (χ4n) is 3.73. The molecule has 1 aromatic heterocycles. The third-order valence-corrected chi connectivity index (χ3v) is 5.71. The number of benzene rings is 2. The summed E-state index contributed by atoms with van der Waals surface area (Å²) in [5.74, 6) is -3.15. The molecule has 0 aliphatic carbocycles. The molecule has 3 aromatic rings. The van der Waals surface area contributed by atoms with Gasteiger partial charge in [0.1, 0.15) is 17.5 Å². The second-order valence-electron chi connectivity index (χ2n) is 7.93. The van der Waals surface area contributed by atoms with Crippen LogP contribution in [0.5, 0.6) is 5.75 Å². The van der Waals surface area contributed by atoms with Crippen molar-refractivity contribution in [3.63, 3.8) is 0 Å². The topological polar surface area (TPSA) is 91.8 Å². The molecule has 0 amide bonds. The third-order valence-electron chi connectivity index (χ3n) is 5.49. The van der Waals surface area contributed by atoms with E-state index < -0.39 is 23.8 Å². The zero-order chi connectivity index (χ0) is 25.9. The predicted octanol–water partition coefficient (Wildman–Crippen LogP) is 5.41. The van der Waals surface area contributed by atoms with Crippen LogP contribution < -0.4 is 4.74 Å². The molecular weight excluding hydrogens is 482 g/mol. The van der Waals surface area contributed by atoms with Gasteiger partial charge in [-0.25, -0.2) is 4.98 Å². The summed E-state index contributed by atoms with van der Waals surface area (Å²) >= 11 is 5.82. The van der Waals surface area contributed by atoms with Gasteiger partial charge in [0.15, 0.2) is 11.7 Å². The Morgan fingerprint density at radius 3 is 2.06 bits per heavy atom. The first-order valence-corrected chi connectivity index (χ1v) is 12.0. The average molecular weight is 510 g/mol. The highest BCUT2D eigenvalue weighted by Gasteiger charge is 2.39. The minimum atomic E-state index is -1.29. The van der Waals surface area contributed by atoms with Gasteiger partial charge in [-0.15, -0.1) is 0 Å². The molecule has 0 spiro atoms. The number of carbonyl (C=O) groups excluding carboxylic acids is 3. The van der Waals surface area contributed by atoms with E-state index in [0.717, 1.165) is 5.56 Å². The SMILES string of the molecule is CCOC(=O)C(C(=O)OCC)C(CC(=O)c1ccccc1)c1ccc(OCc2ccc(Cl)nc2)cc1. The van der Waals surface area contributed by atoms with Crippen LogP contribution in [-0.4, -0.2) is 35.9 Å². The van der Waals surface area contributed by atoms with Crippen LogP contribution in [0.2, 0.25) is 5.15 Å². The smallest absolute Gasteiger partial charge is 0.320 e. The van der Waals surface area contributed by atoms with Crippen LogP contribution in [-0.2, 0) is 25.7 Å². The molecule has 0 aliphatic heterocycles. The Balaban J connectivity index is 1.87. The van der Waals surface area contributed by atoms with E-state index in [0.29, 0.717) is 22.0 Å². The number of hydrogen-bond donors (Lipinski definition) is 0. The molecule has 0 bridgehead atoms. The second kappa shape index (κ2) is 13.4. The molecule has 1 atom stereocenters. The van der Waals surface area contributed by atoms with Crippen LogP contribution in [0.4, 0.5) is 0 Å². The maximum Gasteiger partial charge on any atom is 0.320 e. The fourth-order valence-corrected chi connectivity index (χ4v) is 3.84. The molecule has 8 heteroatoms. The molecule has 1 heterocycles. The molecule has 188 valence electrons. The summed E-state index contributed by atoms with van der Waals surface area (Å²) in [4.78, 5) is 42.9. The molecule has 0 aliphatic rings. The van der Waals surface area contributed by atoms with Gasteiger partial charge in [0.25, 0.3) is 0 Å². The van der Waals surface area contributed by atoms with Gasteiger partial charge in [-0.2, -0.15) is 0 Å². The Kier molecular flexibility index (Phi) is 10.0. The number of halogens is 1. The van der Waals surface area contributed by atoms with Crippen molar-refractivity contribution < 1.29 is 28.6 Å². The summed E-state index contributed by atoms with van der Waals surface area (Å²) in [5, 5.41) is 0.400.